The summed E-state index contributed by atoms with van der Waals surface area (Å²) in [6.45, 7) is 5.06. The van der Waals surface area contributed by atoms with Gasteiger partial charge in [0.05, 0.1) is 7.11 Å². The van der Waals surface area contributed by atoms with Gasteiger partial charge in [0, 0.05) is 46.6 Å². The molecule has 10 heteroatoms. The van der Waals surface area contributed by atoms with Crippen LogP contribution in [0.25, 0.3) is 0 Å². The number of likely N-dealkylation sites (N-methyl/N-ethyl adjacent to an activating group) is 1. The maximum absolute atomic E-state index is 12.6. The lowest BCUT2D eigenvalue weighted by atomic mass is 10.1. The molecule has 0 aliphatic carbocycles. The number of carbonyl (C=O) groups is 4. The highest BCUT2D eigenvalue weighted by atomic mass is 16.5. The van der Waals surface area contributed by atoms with E-state index in [0.29, 0.717) is 56.9 Å². The molecule has 0 fully saturated rings. The molecule has 0 saturated carbocycles. The van der Waals surface area contributed by atoms with Crippen LogP contribution in [0.5, 0.6) is 11.5 Å². The SMILES string of the molecule is COc1ccc2cc1OCC(=O)N[C@@H](C)C(=O)N(C)CCCCN(C(C)=O)CCCNC(=O)CC2. The third kappa shape index (κ3) is 9.46. The van der Waals surface area contributed by atoms with Gasteiger partial charge in [0.25, 0.3) is 5.91 Å². The van der Waals surface area contributed by atoms with E-state index in [1.54, 1.807) is 35.9 Å². The molecule has 194 valence electrons. The van der Waals surface area contributed by atoms with Gasteiger partial charge in [0.1, 0.15) is 6.04 Å². The zero-order valence-electron chi connectivity index (χ0n) is 21.2. The average Bonchev–Trinajstić information content (AvgIpc) is 2.83. The largest absolute Gasteiger partial charge is 0.493 e. The lowest BCUT2D eigenvalue weighted by molar-refractivity contribution is -0.135. The monoisotopic (exact) mass is 490 g/mol. The Bertz CT molecular complexity index is 891. The Labute approximate surface area is 207 Å². The van der Waals surface area contributed by atoms with E-state index < -0.39 is 11.9 Å². The fourth-order valence-corrected chi connectivity index (χ4v) is 3.84. The predicted octanol–water partition coefficient (Wildman–Crippen LogP) is 1.12. The van der Waals surface area contributed by atoms with E-state index in [4.69, 9.17) is 9.47 Å². The molecule has 0 saturated heterocycles. The summed E-state index contributed by atoms with van der Waals surface area (Å²) in [5.74, 6) is 0.164. The third-order valence-electron chi connectivity index (χ3n) is 5.90. The van der Waals surface area contributed by atoms with Gasteiger partial charge in [-0.25, -0.2) is 0 Å². The van der Waals surface area contributed by atoms with Crippen LogP contribution in [0.1, 0.15) is 45.1 Å². The van der Waals surface area contributed by atoms with E-state index in [1.165, 1.54) is 14.0 Å². The van der Waals surface area contributed by atoms with Crippen molar-refractivity contribution in [3.63, 3.8) is 0 Å². The number of nitrogens with zero attached hydrogens (tertiary/aromatic N) is 2. The van der Waals surface area contributed by atoms with Crippen molar-refractivity contribution in [2.75, 3.05) is 46.9 Å². The number of ether oxygens (including phenoxy) is 2. The number of hydrogen-bond donors (Lipinski definition) is 2. The van der Waals surface area contributed by atoms with E-state index in [9.17, 15) is 19.2 Å². The second-order valence-corrected chi connectivity index (χ2v) is 8.74. The fraction of sp³-hybridized carbons (Fsp3) is 0.600. The Kier molecular flexibility index (Phi) is 11.3. The van der Waals surface area contributed by atoms with Crippen molar-refractivity contribution in [2.24, 2.45) is 0 Å². The summed E-state index contributed by atoms with van der Waals surface area (Å²) in [5.41, 5.74) is 0.867. The summed E-state index contributed by atoms with van der Waals surface area (Å²) in [6.07, 6.45) is 2.94. The summed E-state index contributed by atoms with van der Waals surface area (Å²) in [7, 11) is 3.20. The van der Waals surface area contributed by atoms with Gasteiger partial charge in [0.15, 0.2) is 18.1 Å². The van der Waals surface area contributed by atoms with Crippen molar-refractivity contribution in [1.29, 1.82) is 0 Å². The molecule has 1 aliphatic rings. The van der Waals surface area contributed by atoms with Crippen LogP contribution in [0.2, 0.25) is 0 Å². The first kappa shape index (κ1) is 27.9. The molecular formula is C25H38N4O6. The normalized spacial score (nSPS) is 20.0. The predicted molar refractivity (Wildman–Crippen MR) is 131 cm³/mol. The number of methoxy groups -OCH3 is 1. The van der Waals surface area contributed by atoms with Crippen molar-refractivity contribution in [2.45, 2.75) is 52.0 Å². The second kappa shape index (κ2) is 14.2. The fourth-order valence-electron chi connectivity index (χ4n) is 3.84. The van der Waals surface area contributed by atoms with Crippen LogP contribution in [0, 0.1) is 0 Å². The van der Waals surface area contributed by atoms with Gasteiger partial charge in [-0.1, -0.05) is 6.07 Å². The maximum Gasteiger partial charge on any atom is 0.258 e. The standard InChI is InChI=1S/C25H38N4O6/c1-18-25(33)28(3)13-5-6-14-29(19(2)30)15-7-12-26-23(31)11-9-20-8-10-21(34-4)22(16-20)35-17-24(32)27-18/h8,10,16,18H,5-7,9,11-15,17H2,1-4H3,(H,26,31)(H,27,32)/t18-/m0/s1. The molecule has 2 rings (SSSR count). The summed E-state index contributed by atoms with van der Waals surface area (Å²) in [5, 5.41) is 5.57. The number of amides is 4. The molecular weight excluding hydrogens is 452 g/mol. The highest BCUT2D eigenvalue weighted by Crippen LogP contribution is 2.28. The zero-order valence-corrected chi connectivity index (χ0v) is 21.2. The van der Waals surface area contributed by atoms with Gasteiger partial charge in [-0.2, -0.15) is 0 Å². The molecule has 1 heterocycles. The topological polar surface area (TPSA) is 117 Å². The van der Waals surface area contributed by atoms with Crippen LogP contribution >= 0.6 is 0 Å². The second-order valence-electron chi connectivity index (χ2n) is 8.74. The summed E-state index contributed by atoms with van der Waals surface area (Å²) >= 11 is 0. The third-order valence-corrected chi connectivity index (χ3v) is 5.90. The summed E-state index contributed by atoms with van der Waals surface area (Å²) < 4.78 is 11.0. The molecule has 35 heavy (non-hydrogen) atoms. The number of fused-ring (bicyclic) bond motifs is 2. The van der Waals surface area contributed by atoms with Crippen molar-refractivity contribution < 1.29 is 28.7 Å². The van der Waals surface area contributed by atoms with Crippen LogP contribution in [0.4, 0.5) is 0 Å². The Hall–Kier alpha value is -3.30. The molecule has 1 aromatic rings. The number of carbonyl (C=O) groups excluding carboxylic acids is 4. The minimum Gasteiger partial charge on any atom is -0.493 e. The van der Waals surface area contributed by atoms with E-state index >= 15 is 0 Å². The highest BCUT2D eigenvalue weighted by molar-refractivity contribution is 5.87. The number of hydrogen-bond acceptors (Lipinski definition) is 6. The molecule has 1 atom stereocenters. The van der Waals surface area contributed by atoms with Crippen LogP contribution in [0.15, 0.2) is 18.2 Å². The number of rotatable bonds is 1. The quantitative estimate of drug-likeness (QED) is 0.609. The lowest BCUT2D eigenvalue weighted by Gasteiger charge is -2.24. The minimum atomic E-state index is -0.700. The van der Waals surface area contributed by atoms with E-state index in [1.807, 2.05) is 6.07 Å². The number of nitrogens with one attached hydrogen (secondary N) is 2. The average molecular weight is 491 g/mol. The zero-order chi connectivity index (χ0) is 25.8. The van der Waals surface area contributed by atoms with Gasteiger partial charge >= 0.3 is 0 Å². The summed E-state index contributed by atoms with van der Waals surface area (Å²) in [6, 6.07) is 4.63. The molecule has 0 aromatic heterocycles. The Morgan fingerprint density at radius 2 is 1.77 bits per heavy atom. The first-order valence-corrected chi connectivity index (χ1v) is 12.1. The summed E-state index contributed by atoms with van der Waals surface area (Å²) in [4.78, 5) is 52.6. The van der Waals surface area contributed by atoms with Gasteiger partial charge in [-0.05, 0) is 50.3 Å². The molecule has 1 aliphatic heterocycles. The van der Waals surface area contributed by atoms with E-state index in [-0.39, 0.29) is 24.3 Å². The van der Waals surface area contributed by atoms with Crippen LogP contribution in [0.3, 0.4) is 0 Å². The van der Waals surface area contributed by atoms with Gasteiger partial charge in [-0.3, -0.25) is 19.2 Å². The van der Waals surface area contributed by atoms with Crippen LogP contribution in [-0.4, -0.2) is 86.4 Å². The van der Waals surface area contributed by atoms with Crippen molar-refractivity contribution in [3.8, 4) is 11.5 Å². The minimum absolute atomic E-state index is 0.0101. The smallest absolute Gasteiger partial charge is 0.258 e. The maximum atomic E-state index is 12.6. The van der Waals surface area contributed by atoms with Crippen molar-refractivity contribution >= 4 is 23.6 Å². The molecule has 4 amide bonds. The van der Waals surface area contributed by atoms with Crippen LogP contribution in [-0.2, 0) is 25.6 Å². The first-order valence-electron chi connectivity index (χ1n) is 12.1. The Balaban J connectivity index is 2.11. The Morgan fingerprint density at radius 1 is 1.06 bits per heavy atom. The molecule has 2 bridgehead atoms. The van der Waals surface area contributed by atoms with E-state index in [2.05, 4.69) is 10.6 Å². The Morgan fingerprint density at radius 3 is 2.49 bits per heavy atom. The molecule has 0 spiro atoms. The first-order chi connectivity index (χ1) is 16.7. The molecule has 10 nitrogen and oxygen atoms in total. The van der Waals surface area contributed by atoms with Crippen molar-refractivity contribution in [3.05, 3.63) is 23.8 Å². The molecule has 1 aromatic carbocycles. The van der Waals surface area contributed by atoms with E-state index in [0.717, 1.165) is 18.4 Å². The van der Waals surface area contributed by atoms with Gasteiger partial charge < -0.3 is 29.9 Å². The molecule has 2 N–H and O–H groups in total. The number of benzene rings is 1. The lowest BCUT2D eigenvalue weighted by Crippen LogP contribution is -2.47. The number of aryl methyl sites for hydroxylation is 1. The highest BCUT2D eigenvalue weighted by Gasteiger charge is 2.20. The van der Waals surface area contributed by atoms with Gasteiger partial charge in [0.2, 0.25) is 17.7 Å². The van der Waals surface area contributed by atoms with Gasteiger partial charge in [-0.15, -0.1) is 0 Å². The van der Waals surface area contributed by atoms with Crippen molar-refractivity contribution in [1.82, 2.24) is 20.4 Å². The molecule has 0 unspecified atom stereocenters. The molecule has 0 radical (unpaired) electrons. The van der Waals surface area contributed by atoms with Crippen LogP contribution < -0.4 is 20.1 Å².